The molecule has 2 bridgehead atoms. The zero-order valence-corrected chi connectivity index (χ0v) is 41.6. The molecule has 7 rings (SSSR count). The van der Waals surface area contributed by atoms with E-state index < -0.39 is 118 Å². The van der Waals surface area contributed by atoms with E-state index in [9.17, 15) is 34.5 Å². The van der Waals surface area contributed by atoms with Gasteiger partial charge in [0, 0.05) is 57.8 Å². The zero-order chi connectivity index (χ0) is 51.1. The van der Waals surface area contributed by atoms with Gasteiger partial charge in [0.1, 0.15) is 41.7 Å². The molecule has 2 saturated carbocycles. The summed E-state index contributed by atoms with van der Waals surface area (Å²) >= 11 is 0. The van der Waals surface area contributed by atoms with Crippen molar-refractivity contribution in [3.05, 3.63) is 82.9 Å². The smallest absolute Gasteiger partial charge is 0.408 e. The van der Waals surface area contributed by atoms with Crippen LogP contribution in [0.25, 0.3) is 0 Å². The first-order valence-electron chi connectivity index (χ1n) is 24.1. The number of hydrogen-bond acceptors (Lipinski definition) is 17. The average molecular weight is 976 g/mol. The number of ketones is 1. The molecule has 5 aliphatic rings. The average Bonchev–Trinajstić information content (AvgIpc) is 3.29. The Balaban J connectivity index is 1.32. The van der Waals surface area contributed by atoms with Crippen molar-refractivity contribution in [2.24, 2.45) is 16.7 Å². The van der Waals surface area contributed by atoms with E-state index in [0.29, 0.717) is 18.5 Å². The van der Waals surface area contributed by atoms with Crippen LogP contribution in [0.3, 0.4) is 0 Å². The van der Waals surface area contributed by atoms with Crippen LogP contribution in [-0.4, -0.2) is 161 Å². The van der Waals surface area contributed by atoms with E-state index in [0.717, 1.165) is 33.1 Å². The molecular formula is C52H69N3O15. The lowest BCUT2D eigenvalue weighted by atomic mass is 9.44. The number of esters is 4. The first-order valence-corrected chi connectivity index (χ1v) is 24.1. The van der Waals surface area contributed by atoms with Gasteiger partial charge in [0.25, 0.3) is 0 Å². The Labute approximate surface area is 408 Å². The third-order valence-electron chi connectivity index (χ3n) is 15.3. The van der Waals surface area contributed by atoms with Crippen molar-refractivity contribution in [1.29, 1.82) is 0 Å². The Morgan fingerprint density at radius 2 is 1.56 bits per heavy atom. The summed E-state index contributed by atoms with van der Waals surface area (Å²) in [5, 5.41) is 41.0. The maximum Gasteiger partial charge on any atom is 0.408 e. The highest BCUT2D eigenvalue weighted by Gasteiger charge is 2.78. The highest BCUT2D eigenvalue weighted by atomic mass is 16.6. The fraction of sp³-hybridized carbons (Fsp3) is 0.615. The molecule has 2 aromatic rings. The number of likely N-dealkylation sites (N-methyl/N-ethyl adjacent to an activating group) is 1. The molecule has 2 saturated heterocycles. The Hall–Kier alpha value is -5.24. The van der Waals surface area contributed by atoms with Crippen molar-refractivity contribution in [2.45, 2.75) is 141 Å². The third-order valence-corrected chi connectivity index (χ3v) is 15.3. The van der Waals surface area contributed by atoms with Crippen molar-refractivity contribution in [1.82, 2.24) is 15.1 Å². The predicted octanol–water partition coefficient (Wildman–Crippen LogP) is 3.84. The Bertz CT molecular complexity index is 2330. The Morgan fingerprint density at radius 3 is 2.14 bits per heavy atom. The molecule has 0 radical (unpaired) electrons. The molecule has 0 spiro atoms. The van der Waals surface area contributed by atoms with Gasteiger partial charge < -0.3 is 58.9 Å². The van der Waals surface area contributed by atoms with Crippen LogP contribution in [0, 0.1) is 16.7 Å². The molecule has 11 atom stereocenters. The molecule has 382 valence electrons. The van der Waals surface area contributed by atoms with Crippen LogP contribution in [0.2, 0.25) is 0 Å². The van der Waals surface area contributed by atoms with Gasteiger partial charge in [-0.3, -0.25) is 14.4 Å². The number of nitrogens with one attached hydrogen (secondary N) is 1. The number of carbonyl (C=O) groups is 6. The van der Waals surface area contributed by atoms with Gasteiger partial charge in [0.2, 0.25) is 6.10 Å². The molecule has 18 heteroatoms. The zero-order valence-electron chi connectivity index (χ0n) is 41.6. The van der Waals surface area contributed by atoms with Crippen LogP contribution < -0.4 is 5.32 Å². The molecule has 0 aromatic heterocycles. The number of piperazine rings is 1. The number of Topliss-reactive ketones (excluding diaryl/α,β-unsaturated/α-hetero) is 1. The number of aliphatic hydroxyl groups excluding tert-OH is 2. The van der Waals surface area contributed by atoms with Gasteiger partial charge in [-0.2, -0.15) is 0 Å². The second kappa shape index (κ2) is 20.1. The highest BCUT2D eigenvalue weighted by molar-refractivity contribution is 5.94. The molecular weight excluding hydrogens is 907 g/mol. The highest BCUT2D eigenvalue weighted by Crippen LogP contribution is 2.64. The van der Waals surface area contributed by atoms with E-state index in [-0.39, 0.29) is 36.2 Å². The van der Waals surface area contributed by atoms with Crippen LogP contribution in [-0.2, 0) is 47.6 Å². The lowest BCUT2D eigenvalue weighted by molar-refractivity contribution is -0.346. The number of carbonyl (C=O) groups excluding carboxylic acids is 6. The van der Waals surface area contributed by atoms with Crippen molar-refractivity contribution >= 4 is 35.8 Å². The molecule has 2 aromatic carbocycles. The number of ether oxygens (including phenoxy) is 6. The minimum absolute atomic E-state index is 0.0710. The Kier molecular flexibility index (Phi) is 15.1. The molecule has 3 aliphatic carbocycles. The first kappa shape index (κ1) is 52.6. The summed E-state index contributed by atoms with van der Waals surface area (Å²) in [4.78, 5) is 89.7. The van der Waals surface area contributed by atoms with E-state index in [4.69, 9.17) is 28.4 Å². The van der Waals surface area contributed by atoms with Gasteiger partial charge in [-0.1, -0.05) is 62.4 Å². The monoisotopic (exact) mass is 975 g/mol. The fourth-order valence-corrected chi connectivity index (χ4v) is 11.4. The summed E-state index contributed by atoms with van der Waals surface area (Å²) in [6.07, 6.45) is -11.2. The molecule has 18 nitrogen and oxygen atoms in total. The van der Waals surface area contributed by atoms with E-state index >= 15 is 9.59 Å². The lowest BCUT2D eigenvalue weighted by Crippen LogP contribution is -2.81. The molecule has 4 N–H and O–H groups in total. The quantitative estimate of drug-likeness (QED) is 0.127. The maximum absolute atomic E-state index is 15.2. The van der Waals surface area contributed by atoms with Gasteiger partial charge >= 0.3 is 30.0 Å². The molecule has 2 heterocycles. The molecule has 1 amide bonds. The van der Waals surface area contributed by atoms with Crippen molar-refractivity contribution in [2.75, 3.05) is 46.4 Å². The minimum atomic E-state index is -2.40. The van der Waals surface area contributed by atoms with Crippen LogP contribution >= 0.6 is 0 Å². The van der Waals surface area contributed by atoms with Crippen LogP contribution in [0.5, 0.6) is 0 Å². The summed E-state index contributed by atoms with van der Waals surface area (Å²) in [5.41, 5.74) is -8.36. The van der Waals surface area contributed by atoms with Crippen molar-refractivity contribution in [3.63, 3.8) is 0 Å². The van der Waals surface area contributed by atoms with Gasteiger partial charge in [-0.15, -0.1) is 0 Å². The molecule has 2 aliphatic heterocycles. The van der Waals surface area contributed by atoms with Crippen molar-refractivity contribution in [3.8, 4) is 0 Å². The standard InChI is InChI=1S/C52H69N3O15/c1-30-34(66-46(62)41(67-37(58)21-16-22-55-25-23-54(9)24-26-55)39(32-17-12-10-13-18-32)53-47(63)70-48(3,4)5)28-52(64)44(68-45(61)33-19-14-11-15-20-33)42-50(8,43(60)40(59)38(30)49(52,6)7)35(57)27-36-51(42,29-65-36)69-31(2)56/h10-15,17-20,34-36,39-42,44,57,59,64H,16,21-29H2,1-9H3,(H,53,63)/t34-,35-,36+,39-,40+,41+,42-,44-,50+,51-,52+/m0/s1. The fourth-order valence-electron chi connectivity index (χ4n) is 11.4. The second-order valence-corrected chi connectivity index (χ2v) is 21.3. The van der Waals surface area contributed by atoms with Gasteiger partial charge in [-0.05, 0) is 83.5 Å². The minimum Gasteiger partial charge on any atom is -0.455 e. The summed E-state index contributed by atoms with van der Waals surface area (Å²) in [7, 11) is 2.04. The van der Waals surface area contributed by atoms with Gasteiger partial charge in [0.05, 0.1) is 29.6 Å². The van der Waals surface area contributed by atoms with Crippen molar-refractivity contribution < 1.29 is 72.5 Å². The lowest BCUT2D eigenvalue weighted by Gasteiger charge is -2.67. The number of benzene rings is 2. The molecule has 0 unspecified atom stereocenters. The number of nitrogens with zero attached hydrogens (tertiary/aromatic N) is 2. The van der Waals surface area contributed by atoms with Crippen LogP contribution in [0.4, 0.5) is 4.79 Å². The number of fused-ring (bicyclic) bond motifs is 5. The van der Waals surface area contributed by atoms with Gasteiger partial charge in [-0.25, -0.2) is 14.4 Å². The Morgan fingerprint density at radius 1 is 0.929 bits per heavy atom. The number of aliphatic hydroxyl groups is 3. The summed E-state index contributed by atoms with van der Waals surface area (Å²) in [6, 6.07) is 14.8. The summed E-state index contributed by atoms with van der Waals surface area (Å²) in [5.74, 6) is -6.11. The molecule has 4 fully saturated rings. The summed E-state index contributed by atoms with van der Waals surface area (Å²) < 4.78 is 36.4. The second-order valence-electron chi connectivity index (χ2n) is 21.3. The normalized spacial score (nSPS) is 31.7. The van der Waals surface area contributed by atoms with E-state index in [1.165, 1.54) is 26.0 Å². The van der Waals surface area contributed by atoms with Crippen LogP contribution in [0.1, 0.15) is 103 Å². The number of amides is 1. The van der Waals surface area contributed by atoms with Crippen LogP contribution in [0.15, 0.2) is 71.8 Å². The number of rotatable bonds is 13. The first-order chi connectivity index (χ1) is 32.8. The largest absolute Gasteiger partial charge is 0.455 e. The topological polar surface area (TPSA) is 237 Å². The number of hydrogen-bond donors (Lipinski definition) is 4. The summed E-state index contributed by atoms with van der Waals surface area (Å²) in [6.45, 7) is 15.9. The van der Waals surface area contributed by atoms with Gasteiger partial charge in [0.15, 0.2) is 11.4 Å². The van der Waals surface area contributed by atoms with E-state index in [1.807, 2.05) is 7.05 Å². The van der Waals surface area contributed by atoms with E-state index in [2.05, 4.69) is 15.1 Å². The van der Waals surface area contributed by atoms with E-state index in [1.54, 1.807) is 83.1 Å². The predicted molar refractivity (Wildman–Crippen MR) is 251 cm³/mol. The number of alkyl carbamates (subject to hydrolysis) is 1. The molecule has 70 heavy (non-hydrogen) atoms. The maximum atomic E-state index is 15.2. The third kappa shape index (κ3) is 9.99. The SMILES string of the molecule is CC(=O)O[C@@]12CO[C@@H]1C[C@H](O)[C@@]1(C)C(=O)[C@H](O)C3=C(C)[C@@H](OC(=O)[C@H](OC(=O)CCCN4CCN(C)CC4)[C@@H](NC(=O)OC(C)(C)C)c4ccccc4)C[C@@](O)([C@@H](OC(=O)c4ccccc4)[C@H]21)C3(C)C.